The summed E-state index contributed by atoms with van der Waals surface area (Å²) in [5.41, 5.74) is 24.5. The van der Waals surface area contributed by atoms with Crippen molar-refractivity contribution in [1.82, 2.24) is 0 Å². The van der Waals surface area contributed by atoms with Crippen LogP contribution in [-0.2, 0) is 0 Å². The average molecular weight is 248 g/mol. The van der Waals surface area contributed by atoms with E-state index in [0.717, 1.165) is 16.9 Å². The first-order chi connectivity index (χ1) is 8.40. The molecule has 4 nitrogen and oxygen atoms in total. The number of benzene rings is 2. The fourth-order valence-electron chi connectivity index (χ4n) is 1.20. The molecule has 0 bridgehead atoms. The van der Waals surface area contributed by atoms with Crippen LogP contribution in [-0.4, -0.2) is 0 Å². The molecule has 2 aromatic carbocycles. The molecule has 0 aliphatic rings. The Morgan fingerprint density at radius 1 is 0.778 bits per heavy atom. The van der Waals surface area contributed by atoms with Gasteiger partial charge in [-0.2, -0.15) is 0 Å². The molecule has 0 aliphatic heterocycles. The van der Waals surface area contributed by atoms with Crippen LogP contribution in [0, 0.1) is 12.7 Å². The van der Waals surface area contributed by atoms with Gasteiger partial charge in [-0.05, 0) is 42.8 Å². The Morgan fingerprint density at radius 3 is 1.78 bits per heavy atom. The molecule has 8 N–H and O–H groups in total. The van der Waals surface area contributed by atoms with E-state index in [1.807, 2.05) is 19.1 Å². The standard InChI is InChI=1S/C7H10N2.C6H7FN2/c1-5-2-3-6(8)4-7(5)9;7-5-3-4(8)1-2-6(5)9/h2-4H,8-9H2,1H3;1-3H,8-9H2. The van der Waals surface area contributed by atoms with E-state index in [1.54, 1.807) is 12.1 Å². The lowest BCUT2D eigenvalue weighted by Gasteiger charge is -1.98. The van der Waals surface area contributed by atoms with Gasteiger partial charge in [0.15, 0.2) is 0 Å². The number of nitrogens with two attached hydrogens (primary N) is 4. The topological polar surface area (TPSA) is 104 Å². The Kier molecular flexibility index (Phi) is 4.37. The third-order valence-corrected chi connectivity index (χ3v) is 2.33. The number of halogens is 1. The molecule has 18 heavy (non-hydrogen) atoms. The summed E-state index contributed by atoms with van der Waals surface area (Å²) in [6.45, 7) is 1.95. The number of anilines is 4. The normalized spacial score (nSPS) is 9.44. The summed E-state index contributed by atoms with van der Waals surface area (Å²) >= 11 is 0. The van der Waals surface area contributed by atoms with Crippen molar-refractivity contribution in [1.29, 1.82) is 0 Å². The molecule has 0 atom stereocenters. The summed E-state index contributed by atoms with van der Waals surface area (Å²) in [6, 6.07) is 9.68. The maximum absolute atomic E-state index is 12.4. The fraction of sp³-hybridized carbons (Fsp3) is 0.0769. The molecule has 0 fully saturated rings. The second kappa shape index (κ2) is 5.77. The van der Waals surface area contributed by atoms with Crippen molar-refractivity contribution in [2.45, 2.75) is 6.92 Å². The van der Waals surface area contributed by atoms with Crippen molar-refractivity contribution in [2.24, 2.45) is 0 Å². The second-order valence-corrected chi connectivity index (χ2v) is 3.90. The average Bonchev–Trinajstić information content (AvgIpc) is 2.30. The van der Waals surface area contributed by atoms with Crippen LogP contribution < -0.4 is 22.9 Å². The van der Waals surface area contributed by atoms with Gasteiger partial charge >= 0.3 is 0 Å². The van der Waals surface area contributed by atoms with E-state index in [4.69, 9.17) is 22.9 Å². The molecular formula is C13H17FN4. The Labute approximate surface area is 105 Å². The van der Waals surface area contributed by atoms with Crippen LogP contribution >= 0.6 is 0 Å². The van der Waals surface area contributed by atoms with Gasteiger partial charge in [-0.1, -0.05) is 6.07 Å². The van der Waals surface area contributed by atoms with Crippen molar-refractivity contribution in [3.8, 4) is 0 Å². The van der Waals surface area contributed by atoms with Gasteiger partial charge in [-0.15, -0.1) is 0 Å². The fourth-order valence-corrected chi connectivity index (χ4v) is 1.20. The van der Waals surface area contributed by atoms with Crippen molar-refractivity contribution in [2.75, 3.05) is 22.9 Å². The smallest absolute Gasteiger partial charge is 0.148 e. The number of rotatable bonds is 0. The number of nitrogen functional groups attached to an aromatic ring is 4. The molecule has 0 unspecified atom stereocenters. The highest BCUT2D eigenvalue weighted by atomic mass is 19.1. The minimum Gasteiger partial charge on any atom is -0.399 e. The van der Waals surface area contributed by atoms with Gasteiger partial charge in [0.2, 0.25) is 0 Å². The second-order valence-electron chi connectivity index (χ2n) is 3.90. The van der Waals surface area contributed by atoms with Crippen LogP contribution in [0.5, 0.6) is 0 Å². The summed E-state index contributed by atoms with van der Waals surface area (Å²) in [6.07, 6.45) is 0. The quantitative estimate of drug-likeness (QED) is 0.536. The third kappa shape index (κ3) is 3.86. The summed E-state index contributed by atoms with van der Waals surface area (Å²) in [7, 11) is 0. The number of hydrogen-bond donors (Lipinski definition) is 4. The van der Waals surface area contributed by atoms with Crippen molar-refractivity contribution >= 4 is 22.7 Å². The lowest BCUT2D eigenvalue weighted by molar-refractivity contribution is 0.633. The highest BCUT2D eigenvalue weighted by Gasteiger charge is 1.94. The molecule has 2 aromatic rings. The molecule has 0 radical (unpaired) electrons. The van der Waals surface area contributed by atoms with Crippen molar-refractivity contribution < 1.29 is 4.39 Å². The molecule has 2 rings (SSSR count). The first-order valence-electron chi connectivity index (χ1n) is 5.32. The van der Waals surface area contributed by atoms with E-state index in [-0.39, 0.29) is 5.69 Å². The van der Waals surface area contributed by atoms with Gasteiger partial charge in [0.25, 0.3) is 0 Å². The molecule has 0 saturated heterocycles. The Balaban J connectivity index is 0.000000180. The maximum atomic E-state index is 12.4. The zero-order valence-corrected chi connectivity index (χ0v) is 10.2. The van der Waals surface area contributed by atoms with Crippen LogP contribution in [0.1, 0.15) is 5.56 Å². The van der Waals surface area contributed by atoms with E-state index in [1.165, 1.54) is 12.1 Å². The largest absolute Gasteiger partial charge is 0.399 e. The van der Waals surface area contributed by atoms with Gasteiger partial charge in [0, 0.05) is 17.1 Å². The molecule has 5 heteroatoms. The van der Waals surface area contributed by atoms with Crippen LogP contribution in [0.25, 0.3) is 0 Å². The SMILES string of the molecule is Cc1ccc(N)cc1N.Nc1ccc(N)c(F)c1. The minimum absolute atomic E-state index is 0.129. The van der Waals surface area contributed by atoms with Crippen LogP contribution in [0.15, 0.2) is 36.4 Å². The third-order valence-electron chi connectivity index (χ3n) is 2.33. The summed E-state index contributed by atoms with van der Waals surface area (Å²) in [4.78, 5) is 0. The van der Waals surface area contributed by atoms with Gasteiger partial charge in [-0.3, -0.25) is 0 Å². The summed E-state index contributed by atoms with van der Waals surface area (Å²) < 4.78 is 12.4. The molecule has 0 aromatic heterocycles. The Hall–Kier alpha value is -2.43. The van der Waals surface area contributed by atoms with Gasteiger partial charge in [-0.25, -0.2) is 4.39 Å². The van der Waals surface area contributed by atoms with Crippen molar-refractivity contribution in [3.63, 3.8) is 0 Å². The van der Waals surface area contributed by atoms with Gasteiger partial charge in [0.05, 0.1) is 5.69 Å². The predicted molar refractivity (Wildman–Crippen MR) is 75.2 cm³/mol. The van der Waals surface area contributed by atoms with E-state index in [9.17, 15) is 4.39 Å². The highest BCUT2D eigenvalue weighted by molar-refractivity contribution is 5.55. The number of aryl methyl sites for hydroxylation is 1. The molecule has 0 saturated carbocycles. The lowest BCUT2D eigenvalue weighted by atomic mass is 10.2. The number of hydrogen-bond acceptors (Lipinski definition) is 4. The zero-order valence-electron chi connectivity index (χ0n) is 10.2. The Morgan fingerprint density at radius 2 is 1.33 bits per heavy atom. The molecular weight excluding hydrogens is 231 g/mol. The molecule has 0 amide bonds. The van der Waals surface area contributed by atoms with E-state index >= 15 is 0 Å². The van der Waals surface area contributed by atoms with E-state index < -0.39 is 5.82 Å². The van der Waals surface area contributed by atoms with Crippen molar-refractivity contribution in [3.05, 3.63) is 47.8 Å². The first kappa shape index (κ1) is 13.6. The molecule has 96 valence electrons. The van der Waals surface area contributed by atoms with Gasteiger partial charge in [0.1, 0.15) is 5.82 Å². The predicted octanol–water partition coefficient (Wildman–Crippen LogP) is 2.15. The van der Waals surface area contributed by atoms with Crippen LogP contribution in [0.3, 0.4) is 0 Å². The van der Waals surface area contributed by atoms with Gasteiger partial charge < -0.3 is 22.9 Å². The highest BCUT2D eigenvalue weighted by Crippen LogP contribution is 2.13. The Bertz CT molecular complexity index is 491. The molecule has 0 spiro atoms. The maximum Gasteiger partial charge on any atom is 0.148 e. The monoisotopic (exact) mass is 248 g/mol. The van der Waals surface area contributed by atoms with E-state index in [2.05, 4.69) is 0 Å². The summed E-state index contributed by atoms with van der Waals surface area (Å²) in [5, 5.41) is 0. The van der Waals surface area contributed by atoms with Crippen LogP contribution in [0.2, 0.25) is 0 Å². The molecule has 0 heterocycles. The molecule has 0 aliphatic carbocycles. The lowest BCUT2D eigenvalue weighted by Crippen LogP contribution is -1.92. The minimum atomic E-state index is -0.463. The van der Waals surface area contributed by atoms with E-state index in [0.29, 0.717) is 5.69 Å². The van der Waals surface area contributed by atoms with Crippen LogP contribution in [0.4, 0.5) is 27.1 Å². The summed E-state index contributed by atoms with van der Waals surface area (Å²) in [5.74, 6) is -0.463. The zero-order chi connectivity index (χ0) is 13.7. The first-order valence-corrected chi connectivity index (χ1v) is 5.32.